The van der Waals surface area contributed by atoms with Crippen molar-refractivity contribution in [1.82, 2.24) is 8.87 Å². The third kappa shape index (κ3) is 3.13. The van der Waals surface area contributed by atoms with Gasteiger partial charge in [-0.15, -0.1) is 0 Å². The van der Waals surface area contributed by atoms with E-state index in [0.29, 0.717) is 18.4 Å². The summed E-state index contributed by atoms with van der Waals surface area (Å²) in [6.07, 6.45) is 2.46. The van der Waals surface area contributed by atoms with E-state index < -0.39 is 16.0 Å². The maximum absolute atomic E-state index is 12.5. The van der Waals surface area contributed by atoms with Crippen molar-refractivity contribution in [3.05, 3.63) is 18.0 Å². The highest BCUT2D eigenvalue weighted by Gasteiger charge is 2.36. The molecule has 0 radical (unpaired) electrons. The number of hydrogen-bond donors (Lipinski definition) is 1. The number of aromatic nitrogens is 1. The monoisotopic (exact) mass is 314 g/mol. The number of sulfonamides is 1. The van der Waals surface area contributed by atoms with Gasteiger partial charge < -0.3 is 9.67 Å². The zero-order valence-electron chi connectivity index (χ0n) is 12.8. The highest BCUT2D eigenvalue weighted by Crippen LogP contribution is 2.38. The van der Waals surface area contributed by atoms with Crippen LogP contribution in [0.2, 0.25) is 0 Å². The fraction of sp³-hybridized carbons (Fsp3) is 0.643. The van der Waals surface area contributed by atoms with Gasteiger partial charge >= 0.3 is 5.97 Å². The quantitative estimate of drug-likeness (QED) is 0.871. The molecule has 1 N–H and O–H groups in total. The summed E-state index contributed by atoms with van der Waals surface area (Å²) in [7, 11) is -2.09. The molecule has 21 heavy (non-hydrogen) atoms. The van der Waals surface area contributed by atoms with Crippen molar-refractivity contribution >= 4 is 16.0 Å². The van der Waals surface area contributed by atoms with Crippen LogP contribution in [-0.4, -0.2) is 42.0 Å². The SMILES string of the molecule is CC1CC1CN(C)S(=O)(=O)c1cc(C(=O)O)n(C(C)C)c1. The van der Waals surface area contributed by atoms with Crippen molar-refractivity contribution in [3.63, 3.8) is 0 Å². The second-order valence-electron chi connectivity index (χ2n) is 6.13. The van der Waals surface area contributed by atoms with E-state index in [1.54, 1.807) is 7.05 Å². The van der Waals surface area contributed by atoms with E-state index in [1.165, 1.54) is 21.1 Å². The Morgan fingerprint density at radius 2 is 2.10 bits per heavy atom. The molecule has 0 aromatic carbocycles. The van der Waals surface area contributed by atoms with Gasteiger partial charge in [0.05, 0.1) is 0 Å². The van der Waals surface area contributed by atoms with Gasteiger partial charge in [-0.1, -0.05) is 6.92 Å². The highest BCUT2D eigenvalue weighted by molar-refractivity contribution is 7.89. The fourth-order valence-corrected chi connectivity index (χ4v) is 3.71. The first-order valence-electron chi connectivity index (χ1n) is 7.06. The summed E-state index contributed by atoms with van der Waals surface area (Å²) in [6, 6.07) is 1.12. The summed E-state index contributed by atoms with van der Waals surface area (Å²) in [5, 5.41) is 9.19. The zero-order chi connectivity index (χ0) is 15.9. The molecular formula is C14H22N2O4S. The molecule has 1 aliphatic carbocycles. The van der Waals surface area contributed by atoms with Gasteiger partial charge in [0.25, 0.3) is 0 Å². The van der Waals surface area contributed by atoms with Gasteiger partial charge in [-0.25, -0.2) is 17.5 Å². The van der Waals surface area contributed by atoms with Gasteiger partial charge in [0, 0.05) is 25.8 Å². The van der Waals surface area contributed by atoms with Crippen LogP contribution < -0.4 is 0 Å². The molecule has 1 aromatic heterocycles. The molecule has 1 aromatic rings. The Morgan fingerprint density at radius 3 is 2.48 bits per heavy atom. The Balaban J connectivity index is 2.31. The second kappa shape index (κ2) is 5.46. The maximum Gasteiger partial charge on any atom is 0.352 e. The molecule has 0 saturated heterocycles. The van der Waals surface area contributed by atoms with Crippen LogP contribution in [0.3, 0.4) is 0 Å². The molecular weight excluding hydrogens is 292 g/mol. The normalized spacial score (nSPS) is 22.0. The lowest BCUT2D eigenvalue weighted by molar-refractivity contribution is 0.0683. The molecule has 7 heteroatoms. The van der Waals surface area contributed by atoms with Crippen molar-refractivity contribution in [2.24, 2.45) is 11.8 Å². The number of rotatable bonds is 6. The second-order valence-corrected chi connectivity index (χ2v) is 8.17. The van der Waals surface area contributed by atoms with E-state index in [1.807, 2.05) is 13.8 Å². The van der Waals surface area contributed by atoms with E-state index in [2.05, 4.69) is 6.92 Å². The van der Waals surface area contributed by atoms with Crippen LogP contribution in [0.25, 0.3) is 0 Å². The maximum atomic E-state index is 12.5. The molecule has 118 valence electrons. The molecule has 1 aliphatic rings. The lowest BCUT2D eigenvalue weighted by Crippen LogP contribution is -2.29. The lowest BCUT2D eigenvalue weighted by Gasteiger charge is -2.16. The smallest absolute Gasteiger partial charge is 0.352 e. The summed E-state index contributed by atoms with van der Waals surface area (Å²) in [5.41, 5.74) is -0.00300. The number of hydrogen-bond acceptors (Lipinski definition) is 3. The van der Waals surface area contributed by atoms with Crippen molar-refractivity contribution in [2.45, 2.75) is 38.1 Å². The van der Waals surface area contributed by atoms with Crippen LogP contribution in [0.15, 0.2) is 17.2 Å². The van der Waals surface area contributed by atoms with Crippen LogP contribution in [0.1, 0.15) is 43.7 Å². The first-order valence-corrected chi connectivity index (χ1v) is 8.50. The topological polar surface area (TPSA) is 79.6 Å². The van der Waals surface area contributed by atoms with Gasteiger partial charge in [0.1, 0.15) is 10.6 Å². The Labute approximate surface area is 125 Å². The first-order chi connectivity index (χ1) is 9.64. The van der Waals surface area contributed by atoms with E-state index >= 15 is 0 Å². The van der Waals surface area contributed by atoms with Crippen molar-refractivity contribution < 1.29 is 18.3 Å². The third-order valence-corrected chi connectivity index (χ3v) is 5.86. The molecule has 1 fully saturated rings. The van der Waals surface area contributed by atoms with Crippen molar-refractivity contribution in [2.75, 3.05) is 13.6 Å². The van der Waals surface area contributed by atoms with Crippen LogP contribution in [0.4, 0.5) is 0 Å². The van der Waals surface area contributed by atoms with Crippen LogP contribution >= 0.6 is 0 Å². The summed E-state index contributed by atoms with van der Waals surface area (Å²) in [6.45, 7) is 6.22. The zero-order valence-corrected chi connectivity index (χ0v) is 13.6. The fourth-order valence-electron chi connectivity index (χ4n) is 2.46. The van der Waals surface area contributed by atoms with Gasteiger partial charge in [-0.2, -0.15) is 0 Å². The average molecular weight is 314 g/mol. The molecule has 0 spiro atoms. The standard InChI is InChI=1S/C14H22N2O4S/c1-9(2)16-8-12(6-13(16)14(17)18)21(19,20)15(4)7-11-5-10(11)3/h6,8-11H,5,7H2,1-4H3,(H,17,18). The van der Waals surface area contributed by atoms with Crippen LogP contribution in [0, 0.1) is 11.8 Å². The van der Waals surface area contributed by atoms with E-state index in [-0.39, 0.29) is 16.6 Å². The van der Waals surface area contributed by atoms with Crippen molar-refractivity contribution in [1.29, 1.82) is 0 Å². The Hall–Kier alpha value is -1.34. The predicted octanol–water partition coefficient (Wildman–Crippen LogP) is 2.04. The molecule has 2 rings (SSSR count). The van der Waals surface area contributed by atoms with E-state index in [0.717, 1.165) is 6.42 Å². The molecule has 0 bridgehead atoms. The van der Waals surface area contributed by atoms with E-state index in [4.69, 9.17) is 0 Å². The highest BCUT2D eigenvalue weighted by atomic mass is 32.2. The molecule has 1 saturated carbocycles. The minimum Gasteiger partial charge on any atom is -0.477 e. The van der Waals surface area contributed by atoms with Crippen LogP contribution in [-0.2, 0) is 10.0 Å². The number of carboxylic acids is 1. The van der Waals surface area contributed by atoms with Gasteiger partial charge in [-0.3, -0.25) is 0 Å². The van der Waals surface area contributed by atoms with Crippen LogP contribution in [0.5, 0.6) is 0 Å². The summed E-state index contributed by atoms with van der Waals surface area (Å²) < 4.78 is 27.9. The number of carboxylic acid groups (broad SMARTS) is 1. The molecule has 2 atom stereocenters. The number of carbonyl (C=O) groups is 1. The Kier molecular flexibility index (Phi) is 4.17. The molecule has 0 aliphatic heterocycles. The number of nitrogens with zero attached hydrogens (tertiary/aromatic N) is 2. The Morgan fingerprint density at radius 1 is 1.52 bits per heavy atom. The number of aromatic carboxylic acids is 1. The molecule has 6 nitrogen and oxygen atoms in total. The van der Waals surface area contributed by atoms with Gasteiger partial charge in [0.2, 0.25) is 10.0 Å². The Bertz CT molecular complexity index is 648. The molecule has 0 amide bonds. The summed E-state index contributed by atoms with van der Waals surface area (Å²) in [4.78, 5) is 11.3. The third-order valence-electron chi connectivity index (χ3n) is 4.07. The summed E-state index contributed by atoms with van der Waals surface area (Å²) >= 11 is 0. The summed E-state index contributed by atoms with van der Waals surface area (Å²) in [5.74, 6) is -0.142. The minimum absolute atomic E-state index is 0.00300. The minimum atomic E-state index is -3.64. The van der Waals surface area contributed by atoms with E-state index in [9.17, 15) is 18.3 Å². The van der Waals surface area contributed by atoms with Gasteiger partial charge in [0.15, 0.2) is 0 Å². The molecule has 2 unspecified atom stereocenters. The lowest BCUT2D eigenvalue weighted by atomic mass is 10.3. The molecule has 1 heterocycles. The largest absolute Gasteiger partial charge is 0.477 e. The first kappa shape index (κ1) is 16.0. The van der Waals surface area contributed by atoms with Crippen molar-refractivity contribution in [3.8, 4) is 0 Å². The predicted molar refractivity (Wildman–Crippen MR) is 78.9 cm³/mol. The van der Waals surface area contributed by atoms with Gasteiger partial charge in [-0.05, 0) is 38.2 Å². The average Bonchev–Trinajstić information content (AvgIpc) is 2.92.